The molecular formula is C24H24FN5O2. The van der Waals surface area contributed by atoms with E-state index in [1.165, 1.54) is 12.1 Å². The molecule has 3 aromatic rings. The highest BCUT2D eigenvalue weighted by atomic mass is 19.1. The number of carbonyl (C=O) groups is 2. The molecule has 2 heterocycles. The zero-order chi connectivity index (χ0) is 22.5. The molecule has 3 amide bonds. The zero-order valence-electron chi connectivity index (χ0n) is 17.7. The average molecular weight is 433 g/mol. The number of hydrogen-bond donors (Lipinski definition) is 1. The topological polar surface area (TPSA) is 68.8 Å². The minimum Gasteiger partial charge on any atom is -0.345 e. The third kappa shape index (κ3) is 4.85. The monoisotopic (exact) mass is 433 g/mol. The molecule has 0 radical (unpaired) electrons. The van der Waals surface area contributed by atoms with Crippen molar-refractivity contribution < 1.29 is 14.0 Å². The van der Waals surface area contributed by atoms with Gasteiger partial charge in [0.15, 0.2) is 0 Å². The van der Waals surface area contributed by atoms with E-state index in [1.807, 2.05) is 48.3 Å². The molecule has 7 nitrogen and oxygen atoms in total. The van der Waals surface area contributed by atoms with Gasteiger partial charge in [-0.25, -0.2) is 9.18 Å². The molecule has 0 bridgehead atoms. The van der Waals surface area contributed by atoms with Crippen LogP contribution < -0.4 is 10.2 Å². The maximum atomic E-state index is 13.3. The molecule has 1 aromatic heterocycles. The summed E-state index contributed by atoms with van der Waals surface area (Å²) in [5, 5.41) is 2.69. The first kappa shape index (κ1) is 21.3. The minimum absolute atomic E-state index is 0.0618. The number of urea groups is 1. The molecular weight excluding hydrogens is 409 g/mol. The second kappa shape index (κ2) is 9.47. The van der Waals surface area contributed by atoms with E-state index in [2.05, 4.69) is 10.3 Å². The lowest BCUT2D eigenvalue weighted by Gasteiger charge is -2.34. The number of piperazine rings is 1. The van der Waals surface area contributed by atoms with Gasteiger partial charge in [0.05, 0.1) is 0 Å². The molecule has 8 heteroatoms. The second-order valence-corrected chi connectivity index (χ2v) is 7.53. The third-order valence-corrected chi connectivity index (χ3v) is 5.48. The fraction of sp³-hybridized carbons (Fsp3) is 0.208. The highest BCUT2D eigenvalue weighted by Gasteiger charge is 2.25. The summed E-state index contributed by atoms with van der Waals surface area (Å²) in [6.45, 7) is 1.70. The predicted octanol–water partition coefficient (Wildman–Crippen LogP) is 3.98. The fourth-order valence-electron chi connectivity index (χ4n) is 3.61. The average Bonchev–Trinajstić information content (AvgIpc) is 2.84. The number of carbonyl (C=O) groups excluding carboxylic acids is 2. The molecule has 1 aliphatic rings. The van der Waals surface area contributed by atoms with Crippen LogP contribution in [0.15, 0.2) is 73.1 Å². The van der Waals surface area contributed by atoms with Crippen LogP contribution in [0.4, 0.5) is 26.2 Å². The van der Waals surface area contributed by atoms with Gasteiger partial charge >= 0.3 is 6.03 Å². The number of halogens is 1. The molecule has 0 spiro atoms. The lowest BCUT2D eigenvalue weighted by atomic mass is 10.1. The van der Waals surface area contributed by atoms with Gasteiger partial charge in [-0.1, -0.05) is 6.07 Å². The number of anilines is 3. The van der Waals surface area contributed by atoms with Crippen LogP contribution in [-0.4, -0.2) is 59.9 Å². The summed E-state index contributed by atoms with van der Waals surface area (Å²) in [6, 6.07) is 16.8. The molecule has 0 saturated carbocycles. The molecule has 1 aliphatic heterocycles. The molecule has 1 saturated heterocycles. The highest BCUT2D eigenvalue weighted by molar-refractivity contribution is 5.95. The van der Waals surface area contributed by atoms with E-state index in [4.69, 9.17) is 0 Å². The van der Waals surface area contributed by atoms with Crippen LogP contribution in [0.2, 0.25) is 0 Å². The molecule has 0 unspecified atom stereocenters. The van der Waals surface area contributed by atoms with Gasteiger partial charge in [-0.15, -0.1) is 0 Å². The molecule has 0 aliphatic carbocycles. The van der Waals surface area contributed by atoms with Crippen molar-refractivity contribution in [1.29, 1.82) is 0 Å². The van der Waals surface area contributed by atoms with Crippen molar-refractivity contribution in [3.8, 4) is 0 Å². The van der Waals surface area contributed by atoms with Crippen molar-refractivity contribution in [2.45, 2.75) is 0 Å². The van der Waals surface area contributed by atoms with Crippen LogP contribution in [0.25, 0.3) is 0 Å². The summed E-state index contributed by atoms with van der Waals surface area (Å²) < 4.78 is 13.3. The maximum absolute atomic E-state index is 13.3. The Morgan fingerprint density at radius 1 is 0.906 bits per heavy atom. The Hall–Kier alpha value is -3.94. The van der Waals surface area contributed by atoms with Gasteiger partial charge in [0, 0.05) is 68.2 Å². The number of nitrogens with zero attached hydrogens (tertiary/aromatic N) is 4. The number of amides is 3. The molecule has 1 N–H and O–H groups in total. The smallest absolute Gasteiger partial charge is 0.321 e. The van der Waals surface area contributed by atoms with Crippen molar-refractivity contribution in [1.82, 2.24) is 14.8 Å². The Balaban J connectivity index is 1.32. The zero-order valence-corrected chi connectivity index (χ0v) is 17.7. The molecule has 1 fully saturated rings. The minimum atomic E-state index is -0.406. The molecule has 164 valence electrons. The van der Waals surface area contributed by atoms with Crippen molar-refractivity contribution in [3.05, 3.63) is 84.4 Å². The first-order chi connectivity index (χ1) is 15.5. The van der Waals surface area contributed by atoms with Crippen LogP contribution >= 0.6 is 0 Å². The van der Waals surface area contributed by atoms with Gasteiger partial charge in [0.25, 0.3) is 5.91 Å². The van der Waals surface area contributed by atoms with Crippen LogP contribution in [0.5, 0.6) is 0 Å². The number of pyridine rings is 1. The van der Waals surface area contributed by atoms with Gasteiger partial charge in [-0.3, -0.25) is 9.78 Å². The number of rotatable bonds is 4. The maximum Gasteiger partial charge on any atom is 0.321 e. The van der Waals surface area contributed by atoms with E-state index in [0.29, 0.717) is 37.4 Å². The largest absolute Gasteiger partial charge is 0.345 e. The van der Waals surface area contributed by atoms with Crippen molar-refractivity contribution in [2.24, 2.45) is 0 Å². The molecule has 2 aromatic carbocycles. The third-order valence-electron chi connectivity index (χ3n) is 5.48. The first-order valence-corrected chi connectivity index (χ1v) is 10.4. The molecule has 4 rings (SSSR count). The van der Waals surface area contributed by atoms with Gasteiger partial charge in [0.1, 0.15) is 5.82 Å². The SMILES string of the molecule is CN(c1ccncc1)c1ccc(C(=O)N2CCN(C(=O)Nc3cccc(F)c3)CC2)cc1. The Labute approximate surface area is 186 Å². The molecule has 0 atom stereocenters. The summed E-state index contributed by atoms with van der Waals surface area (Å²) in [6.07, 6.45) is 3.48. The summed E-state index contributed by atoms with van der Waals surface area (Å²) in [5.41, 5.74) is 2.98. The second-order valence-electron chi connectivity index (χ2n) is 7.53. The Kier molecular flexibility index (Phi) is 6.30. The van der Waals surface area contributed by atoms with Crippen LogP contribution in [0.1, 0.15) is 10.4 Å². The Bertz CT molecular complexity index is 1080. The van der Waals surface area contributed by atoms with Gasteiger partial charge in [0.2, 0.25) is 0 Å². The van der Waals surface area contributed by atoms with E-state index in [9.17, 15) is 14.0 Å². The standard InChI is InChI=1S/C24H24FN5O2/c1-28(22-9-11-26-12-10-22)21-7-5-18(6-8-21)23(31)29-13-15-30(16-14-29)24(32)27-20-4-2-3-19(25)17-20/h2-12,17H,13-16H2,1H3,(H,27,32). The lowest BCUT2D eigenvalue weighted by molar-refractivity contribution is 0.0671. The van der Waals surface area contributed by atoms with E-state index in [-0.39, 0.29) is 11.9 Å². The van der Waals surface area contributed by atoms with E-state index in [1.54, 1.807) is 34.3 Å². The van der Waals surface area contributed by atoms with Crippen molar-refractivity contribution in [3.63, 3.8) is 0 Å². The van der Waals surface area contributed by atoms with Gasteiger partial charge in [-0.05, 0) is 54.6 Å². The quantitative estimate of drug-likeness (QED) is 0.676. The number of aromatic nitrogens is 1. The molecule has 32 heavy (non-hydrogen) atoms. The van der Waals surface area contributed by atoms with E-state index < -0.39 is 5.82 Å². The number of benzene rings is 2. The number of hydrogen-bond acceptors (Lipinski definition) is 4. The Morgan fingerprint density at radius 2 is 1.53 bits per heavy atom. The fourth-order valence-corrected chi connectivity index (χ4v) is 3.61. The van der Waals surface area contributed by atoms with Gasteiger partial charge < -0.3 is 20.0 Å². The first-order valence-electron chi connectivity index (χ1n) is 10.4. The number of nitrogens with one attached hydrogen (secondary N) is 1. The van der Waals surface area contributed by atoms with E-state index >= 15 is 0 Å². The normalized spacial score (nSPS) is 13.6. The van der Waals surface area contributed by atoms with Crippen molar-refractivity contribution >= 4 is 29.0 Å². The van der Waals surface area contributed by atoms with Crippen LogP contribution in [-0.2, 0) is 0 Å². The summed E-state index contributed by atoms with van der Waals surface area (Å²) in [7, 11) is 1.96. The van der Waals surface area contributed by atoms with Crippen LogP contribution in [0.3, 0.4) is 0 Å². The lowest BCUT2D eigenvalue weighted by Crippen LogP contribution is -2.51. The Morgan fingerprint density at radius 3 is 2.19 bits per heavy atom. The summed E-state index contributed by atoms with van der Waals surface area (Å²) in [5.74, 6) is -0.468. The van der Waals surface area contributed by atoms with Crippen molar-refractivity contribution in [2.75, 3.05) is 43.4 Å². The van der Waals surface area contributed by atoms with Gasteiger partial charge in [-0.2, -0.15) is 0 Å². The highest BCUT2D eigenvalue weighted by Crippen LogP contribution is 2.23. The summed E-state index contributed by atoms with van der Waals surface area (Å²) in [4.78, 5) is 34.7. The predicted molar refractivity (Wildman–Crippen MR) is 122 cm³/mol. The summed E-state index contributed by atoms with van der Waals surface area (Å²) >= 11 is 0. The van der Waals surface area contributed by atoms with Crippen LogP contribution in [0, 0.1) is 5.82 Å². The van der Waals surface area contributed by atoms with E-state index in [0.717, 1.165) is 11.4 Å².